The van der Waals surface area contributed by atoms with Crippen LogP contribution in [0.15, 0.2) is 58.8 Å². The smallest absolute Gasteiger partial charge is 0.271 e. The summed E-state index contributed by atoms with van der Waals surface area (Å²) >= 11 is 7.58. The molecule has 2 aliphatic rings. The Kier molecular flexibility index (Phi) is 7.05. The number of piperazine rings is 1. The first kappa shape index (κ1) is 24.8. The summed E-state index contributed by atoms with van der Waals surface area (Å²) in [5.74, 6) is 2.03. The molecular weight excluding hydrogens is 496 g/mol. The number of benzene rings is 2. The molecule has 36 heavy (non-hydrogen) atoms. The van der Waals surface area contributed by atoms with Crippen LogP contribution in [0.25, 0.3) is 0 Å². The third-order valence-corrected chi connectivity index (χ3v) is 7.95. The number of halogens is 1. The number of methoxy groups -OCH3 is 1. The summed E-state index contributed by atoms with van der Waals surface area (Å²) < 4.78 is 6.97. The summed E-state index contributed by atoms with van der Waals surface area (Å²) in [6, 6.07) is 15.9. The van der Waals surface area contributed by atoms with Crippen LogP contribution in [0.4, 0.5) is 0 Å². The molecule has 0 saturated carbocycles. The minimum atomic E-state index is -0.460. The normalized spacial score (nSPS) is 16.4. The van der Waals surface area contributed by atoms with E-state index in [9.17, 15) is 4.79 Å². The van der Waals surface area contributed by atoms with Gasteiger partial charge < -0.3 is 9.64 Å². The standard InChI is InChI=1S/C26H29ClN6O2S/c1-26(2,19-6-8-20(27)9-7-19)24-28-29-25-33(24)30-22(17-36-25)23(34)32-14-12-31(13-15-32)16-18-4-10-21(35-3)11-5-18/h4-11H,12-17H2,1-3H3. The number of fused-ring (bicyclic) bond motifs is 1. The maximum atomic E-state index is 13.4. The fourth-order valence-electron chi connectivity index (χ4n) is 4.50. The number of hydrogen-bond donors (Lipinski definition) is 0. The molecule has 1 saturated heterocycles. The van der Waals surface area contributed by atoms with Gasteiger partial charge in [0.15, 0.2) is 5.82 Å². The van der Waals surface area contributed by atoms with E-state index in [4.69, 9.17) is 21.4 Å². The minimum absolute atomic E-state index is 0.0128. The number of hydrogen-bond acceptors (Lipinski definition) is 7. The molecule has 1 amide bonds. The van der Waals surface area contributed by atoms with E-state index in [1.807, 2.05) is 41.3 Å². The Bertz CT molecular complexity index is 1260. The van der Waals surface area contributed by atoms with Gasteiger partial charge in [0, 0.05) is 37.7 Å². The van der Waals surface area contributed by atoms with Crippen molar-refractivity contribution in [2.75, 3.05) is 39.0 Å². The summed E-state index contributed by atoms with van der Waals surface area (Å²) in [5, 5.41) is 14.9. The molecular formula is C26H29ClN6O2S. The molecule has 0 aliphatic carbocycles. The Morgan fingerprint density at radius 1 is 1.03 bits per heavy atom. The molecule has 2 aliphatic heterocycles. The molecule has 3 heterocycles. The number of rotatable bonds is 6. The molecule has 3 aromatic rings. The average molecular weight is 525 g/mol. The van der Waals surface area contributed by atoms with E-state index in [0.717, 1.165) is 30.9 Å². The number of aromatic nitrogens is 3. The largest absolute Gasteiger partial charge is 0.497 e. The first-order chi connectivity index (χ1) is 17.3. The Labute approximate surface area is 220 Å². The predicted octanol–water partition coefficient (Wildman–Crippen LogP) is 3.92. The highest BCUT2D eigenvalue weighted by molar-refractivity contribution is 8.00. The highest BCUT2D eigenvalue weighted by atomic mass is 35.5. The fourth-order valence-corrected chi connectivity index (χ4v) is 5.42. The van der Waals surface area contributed by atoms with Gasteiger partial charge in [-0.05, 0) is 49.2 Å². The lowest BCUT2D eigenvalue weighted by atomic mass is 9.84. The highest BCUT2D eigenvalue weighted by Crippen LogP contribution is 2.34. The zero-order chi connectivity index (χ0) is 25.3. The van der Waals surface area contributed by atoms with Gasteiger partial charge in [-0.3, -0.25) is 9.69 Å². The second-order valence-corrected chi connectivity index (χ2v) is 10.9. The zero-order valence-corrected chi connectivity index (χ0v) is 22.2. The molecule has 8 nitrogen and oxygen atoms in total. The van der Waals surface area contributed by atoms with Crippen LogP contribution in [0, 0.1) is 0 Å². The van der Waals surface area contributed by atoms with Crippen molar-refractivity contribution in [2.24, 2.45) is 5.10 Å². The number of carbonyl (C=O) groups excluding carboxylic acids is 1. The molecule has 10 heteroatoms. The van der Waals surface area contributed by atoms with Crippen molar-refractivity contribution in [1.82, 2.24) is 24.7 Å². The molecule has 5 rings (SSSR count). The summed E-state index contributed by atoms with van der Waals surface area (Å²) in [4.78, 5) is 17.6. The monoisotopic (exact) mass is 524 g/mol. The number of nitrogens with zero attached hydrogens (tertiary/aromatic N) is 6. The second-order valence-electron chi connectivity index (χ2n) is 9.50. The number of amides is 1. The third kappa shape index (κ3) is 5.00. The van der Waals surface area contributed by atoms with Gasteiger partial charge >= 0.3 is 0 Å². The van der Waals surface area contributed by atoms with Gasteiger partial charge in [-0.1, -0.05) is 47.6 Å². The van der Waals surface area contributed by atoms with Crippen LogP contribution in [0.2, 0.25) is 5.02 Å². The number of thioether (sulfide) groups is 1. The third-order valence-electron chi connectivity index (χ3n) is 6.77. The van der Waals surface area contributed by atoms with E-state index in [-0.39, 0.29) is 5.91 Å². The quantitative estimate of drug-likeness (QED) is 0.486. The van der Waals surface area contributed by atoms with Crippen LogP contribution in [-0.4, -0.2) is 75.3 Å². The van der Waals surface area contributed by atoms with Crippen molar-refractivity contribution in [3.8, 4) is 5.75 Å². The van der Waals surface area contributed by atoms with Crippen molar-refractivity contribution in [3.05, 3.63) is 70.5 Å². The van der Waals surface area contributed by atoms with Gasteiger partial charge in [0.2, 0.25) is 5.16 Å². The molecule has 0 unspecified atom stereocenters. The summed E-state index contributed by atoms with van der Waals surface area (Å²) in [6.45, 7) is 8.01. The zero-order valence-electron chi connectivity index (χ0n) is 20.6. The van der Waals surface area contributed by atoms with Gasteiger partial charge in [0.25, 0.3) is 5.91 Å². The second kappa shape index (κ2) is 10.2. The summed E-state index contributed by atoms with van der Waals surface area (Å²) in [5.41, 5.74) is 2.36. The highest BCUT2D eigenvalue weighted by Gasteiger charge is 2.34. The van der Waals surface area contributed by atoms with E-state index in [1.54, 1.807) is 11.8 Å². The van der Waals surface area contributed by atoms with Crippen LogP contribution < -0.4 is 4.74 Å². The number of carbonyl (C=O) groups is 1. The van der Waals surface area contributed by atoms with E-state index in [2.05, 4.69) is 41.1 Å². The van der Waals surface area contributed by atoms with Crippen molar-refractivity contribution in [1.29, 1.82) is 0 Å². The Morgan fingerprint density at radius 2 is 1.72 bits per heavy atom. The lowest BCUT2D eigenvalue weighted by molar-refractivity contribution is -0.125. The van der Waals surface area contributed by atoms with Crippen molar-refractivity contribution in [2.45, 2.75) is 31.0 Å². The SMILES string of the molecule is COc1ccc(CN2CCN(C(=O)C3=Nn4c(nnc4C(C)(C)c4ccc(Cl)cc4)SC3)CC2)cc1. The van der Waals surface area contributed by atoms with E-state index in [1.165, 1.54) is 17.3 Å². The molecule has 0 spiro atoms. The minimum Gasteiger partial charge on any atom is -0.497 e. The number of ether oxygens (including phenoxy) is 1. The van der Waals surface area contributed by atoms with Crippen LogP contribution in [0.5, 0.6) is 5.75 Å². The van der Waals surface area contributed by atoms with Gasteiger partial charge in [0.05, 0.1) is 18.3 Å². The maximum absolute atomic E-state index is 13.4. The predicted molar refractivity (Wildman–Crippen MR) is 142 cm³/mol. The molecule has 0 atom stereocenters. The van der Waals surface area contributed by atoms with Gasteiger partial charge in [0.1, 0.15) is 11.5 Å². The molecule has 1 aromatic heterocycles. The van der Waals surface area contributed by atoms with Crippen molar-refractivity contribution in [3.63, 3.8) is 0 Å². The lowest BCUT2D eigenvalue weighted by Crippen LogP contribution is -2.50. The van der Waals surface area contributed by atoms with E-state index >= 15 is 0 Å². The van der Waals surface area contributed by atoms with Crippen LogP contribution >= 0.6 is 23.4 Å². The molecule has 188 valence electrons. The maximum Gasteiger partial charge on any atom is 0.271 e. The Hall–Kier alpha value is -2.88. The molecule has 1 fully saturated rings. The van der Waals surface area contributed by atoms with Crippen LogP contribution in [0.1, 0.15) is 30.8 Å². The van der Waals surface area contributed by atoms with Gasteiger partial charge in [-0.2, -0.15) is 9.78 Å². The van der Waals surface area contributed by atoms with E-state index in [0.29, 0.717) is 40.6 Å². The molecule has 0 bridgehead atoms. The average Bonchev–Trinajstić information content (AvgIpc) is 3.34. The van der Waals surface area contributed by atoms with Crippen molar-refractivity contribution >= 4 is 35.0 Å². The van der Waals surface area contributed by atoms with Gasteiger partial charge in [-0.25, -0.2) is 0 Å². The molecule has 0 N–H and O–H groups in total. The Morgan fingerprint density at radius 3 is 2.39 bits per heavy atom. The first-order valence-corrected chi connectivity index (χ1v) is 13.3. The van der Waals surface area contributed by atoms with Crippen LogP contribution in [-0.2, 0) is 16.8 Å². The summed E-state index contributed by atoms with van der Waals surface area (Å²) in [6.07, 6.45) is 0. The van der Waals surface area contributed by atoms with E-state index < -0.39 is 5.41 Å². The van der Waals surface area contributed by atoms with Crippen molar-refractivity contribution < 1.29 is 9.53 Å². The lowest BCUT2D eigenvalue weighted by Gasteiger charge is -2.35. The van der Waals surface area contributed by atoms with Gasteiger partial charge in [-0.15, -0.1) is 10.2 Å². The molecule has 2 aromatic carbocycles. The summed E-state index contributed by atoms with van der Waals surface area (Å²) in [7, 11) is 1.67. The topological polar surface area (TPSA) is 75.8 Å². The molecule has 0 radical (unpaired) electrons. The first-order valence-electron chi connectivity index (χ1n) is 11.9. The van der Waals surface area contributed by atoms with Crippen LogP contribution in [0.3, 0.4) is 0 Å². The Balaban J connectivity index is 1.27. The fraction of sp³-hybridized carbons (Fsp3) is 0.385.